The summed E-state index contributed by atoms with van der Waals surface area (Å²) in [6.45, 7) is 1.96. The molecule has 4 heteroatoms. The van der Waals surface area contributed by atoms with E-state index < -0.39 is 11.6 Å². The summed E-state index contributed by atoms with van der Waals surface area (Å²) in [6.07, 6.45) is 0. The molecular formula is C14H10F2N2. The van der Waals surface area contributed by atoms with Gasteiger partial charge >= 0.3 is 0 Å². The first-order chi connectivity index (χ1) is 8.65. The van der Waals surface area contributed by atoms with Crippen molar-refractivity contribution in [3.63, 3.8) is 0 Å². The quantitative estimate of drug-likeness (QED) is 0.692. The lowest BCUT2D eigenvalue weighted by molar-refractivity contribution is 0.509. The third-order valence-corrected chi connectivity index (χ3v) is 2.91. The van der Waals surface area contributed by atoms with Crippen LogP contribution in [0.3, 0.4) is 0 Å². The van der Waals surface area contributed by atoms with Gasteiger partial charge in [-0.3, -0.25) is 0 Å². The van der Waals surface area contributed by atoms with E-state index in [1.165, 1.54) is 6.07 Å². The molecule has 1 N–H and O–H groups in total. The summed E-state index contributed by atoms with van der Waals surface area (Å²) in [5, 5.41) is 0. The zero-order chi connectivity index (χ0) is 12.7. The van der Waals surface area contributed by atoms with Gasteiger partial charge in [0, 0.05) is 5.56 Å². The van der Waals surface area contributed by atoms with Crippen LogP contribution in [0.4, 0.5) is 8.78 Å². The number of nitrogens with zero attached hydrogens (tertiary/aromatic N) is 1. The molecule has 2 aromatic carbocycles. The molecule has 0 spiro atoms. The second-order valence-electron chi connectivity index (χ2n) is 4.19. The number of H-pyrrole nitrogens is 1. The van der Waals surface area contributed by atoms with E-state index in [1.807, 2.05) is 25.1 Å². The highest BCUT2D eigenvalue weighted by Crippen LogP contribution is 2.23. The number of fused-ring (bicyclic) bond motifs is 1. The Kier molecular flexibility index (Phi) is 2.37. The predicted molar refractivity (Wildman–Crippen MR) is 66.2 cm³/mol. The Morgan fingerprint density at radius 1 is 1.06 bits per heavy atom. The van der Waals surface area contributed by atoms with Gasteiger partial charge in [0.25, 0.3) is 0 Å². The van der Waals surface area contributed by atoms with E-state index in [2.05, 4.69) is 9.97 Å². The van der Waals surface area contributed by atoms with Crippen molar-refractivity contribution in [1.29, 1.82) is 0 Å². The molecule has 2 nitrogen and oxygen atoms in total. The van der Waals surface area contributed by atoms with Crippen LogP contribution in [0.1, 0.15) is 5.56 Å². The van der Waals surface area contributed by atoms with Gasteiger partial charge in [-0.05, 0) is 36.8 Å². The fourth-order valence-corrected chi connectivity index (χ4v) is 1.96. The van der Waals surface area contributed by atoms with Gasteiger partial charge < -0.3 is 4.98 Å². The Labute approximate surface area is 102 Å². The number of halogens is 2. The van der Waals surface area contributed by atoms with Crippen LogP contribution in [-0.4, -0.2) is 9.97 Å². The van der Waals surface area contributed by atoms with Crippen LogP contribution in [-0.2, 0) is 0 Å². The maximum absolute atomic E-state index is 13.2. The molecule has 18 heavy (non-hydrogen) atoms. The van der Waals surface area contributed by atoms with Crippen molar-refractivity contribution < 1.29 is 8.78 Å². The maximum Gasteiger partial charge on any atom is 0.159 e. The molecule has 90 valence electrons. The molecule has 0 bridgehead atoms. The minimum absolute atomic E-state index is 0.532. The Hall–Kier alpha value is -2.23. The minimum atomic E-state index is -0.871. The summed E-state index contributed by atoms with van der Waals surface area (Å²) >= 11 is 0. The number of hydrogen-bond donors (Lipinski definition) is 1. The van der Waals surface area contributed by atoms with Gasteiger partial charge in [-0.15, -0.1) is 0 Å². The fraction of sp³-hybridized carbons (Fsp3) is 0.0714. The van der Waals surface area contributed by atoms with Crippen molar-refractivity contribution in [1.82, 2.24) is 9.97 Å². The van der Waals surface area contributed by atoms with E-state index >= 15 is 0 Å². The van der Waals surface area contributed by atoms with Crippen molar-refractivity contribution in [2.45, 2.75) is 6.92 Å². The molecule has 1 aromatic heterocycles. The standard InChI is InChI=1S/C14H10F2N2/c1-8-3-2-4-12-13(8)18-14(17-12)9-5-6-10(15)11(16)7-9/h2-7H,1H3,(H,17,18). The summed E-state index contributed by atoms with van der Waals surface area (Å²) in [5.74, 6) is -1.19. The van der Waals surface area contributed by atoms with Gasteiger partial charge in [-0.25, -0.2) is 13.8 Å². The van der Waals surface area contributed by atoms with Crippen LogP contribution in [0.15, 0.2) is 36.4 Å². The smallest absolute Gasteiger partial charge is 0.159 e. The van der Waals surface area contributed by atoms with Gasteiger partial charge in [0.15, 0.2) is 11.6 Å². The third kappa shape index (κ3) is 1.66. The van der Waals surface area contributed by atoms with Crippen molar-refractivity contribution >= 4 is 11.0 Å². The monoisotopic (exact) mass is 244 g/mol. The van der Waals surface area contributed by atoms with Gasteiger partial charge in [0.1, 0.15) is 5.82 Å². The number of benzene rings is 2. The van der Waals surface area contributed by atoms with E-state index in [0.717, 1.165) is 28.7 Å². The van der Waals surface area contributed by atoms with E-state index in [-0.39, 0.29) is 0 Å². The van der Waals surface area contributed by atoms with Crippen molar-refractivity contribution in [3.8, 4) is 11.4 Å². The molecule has 0 saturated heterocycles. The number of para-hydroxylation sites is 1. The Morgan fingerprint density at radius 3 is 2.61 bits per heavy atom. The number of aryl methyl sites for hydroxylation is 1. The first kappa shape index (κ1) is 10.9. The van der Waals surface area contributed by atoms with Crippen LogP contribution < -0.4 is 0 Å². The molecular weight excluding hydrogens is 234 g/mol. The van der Waals surface area contributed by atoms with Crippen LogP contribution in [0.2, 0.25) is 0 Å². The molecule has 0 atom stereocenters. The maximum atomic E-state index is 13.2. The van der Waals surface area contributed by atoms with E-state index in [9.17, 15) is 8.78 Å². The van der Waals surface area contributed by atoms with Gasteiger partial charge in [-0.1, -0.05) is 12.1 Å². The third-order valence-electron chi connectivity index (χ3n) is 2.91. The molecule has 0 unspecified atom stereocenters. The minimum Gasteiger partial charge on any atom is -0.338 e. The van der Waals surface area contributed by atoms with Crippen molar-refractivity contribution in [2.24, 2.45) is 0 Å². The Balaban J connectivity index is 2.19. The highest BCUT2D eigenvalue weighted by Gasteiger charge is 2.09. The molecule has 0 amide bonds. The fourth-order valence-electron chi connectivity index (χ4n) is 1.96. The largest absolute Gasteiger partial charge is 0.338 e. The molecule has 1 heterocycles. The van der Waals surface area contributed by atoms with Crippen LogP contribution in [0.5, 0.6) is 0 Å². The SMILES string of the molecule is Cc1cccc2[nH]c(-c3ccc(F)c(F)c3)nc12. The van der Waals surface area contributed by atoms with Crippen LogP contribution in [0.25, 0.3) is 22.4 Å². The lowest BCUT2D eigenvalue weighted by atomic mass is 10.2. The first-order valence-corrected chi connectivity index (χ1v) is 5.56. The number of hydrogen-bond acceptors (Lipinski definition) is 1. The molecule has 0 radical (unpaired) electrons. The van der Waals surface area contributed by atoms with Crippen molar-refractivity contribution in [2.75, 3.05) is 0 Å². The number of nitrogens with one attached hydrogen (secondary N) is 1. The lowest BCUT2D eigenvalue weighted by Gasteiger charge is -1.97. The summed E-state index contributed by atoms with van der Waals surface area (Å²) < 4.78 is 26.1. The summed E-state index contributed by atoms with van der Waals surface area (Å²) in [5.41, 5.74) is 3.30. The second-order valence-corrected chi connectivity index (χ2v) is 4.19. The lowest BCUT2D eigenvalue weighted by Crippen LogP contribution is -1.86. The highest BCUT2D eigenvalue weighted by atomic mass is 19.2. The predicted octanol–water partition coefficient (Wildman–Crippen LogP) is 3.82. The summed E-state index contributed by atoms with van der Waals surface area (Å²) in [4.78, 5) is 7.51. The average Bonchev–Trinajstić information content (AvgIpc) is 2.78. The molecule has 0 aliphatic heterocycles. The van der Waals surface area contributed by atoms with E-state index in [0.29, 0.717) is 11.4 Å². The molecule has 0 aliphatic carbocycles. The average molecular weight is 244 g/mol. The number of imidazole rings is 1. The van der Waals surface area contributed by atoms with E-state index in [1.54, 1.807) is 0 Å². The van der Waals surface area contributed by atoms with Gasteiger partial charge in [0.05, 0.1) is 11.0 Å². The number of aromatic nitrogens is 2. The molecule has 0 aliphatic rings. The summed E-state index contributed by atoms with van der Waals surface area (Å²) in [7, 11) is 0. The molecule has 3 aromatic rings. The molecule has 0 fully saturated rings. The highest BCUT2D eigenvalue weighted by molar-refractivity contribution is 5.82. The second kappa shape index (κ2) is 3.91. The number of aromatic amines is 1. The zero-order valence-electron chi connectivity index (χ0n) is 9.67. The number of rotatable bonds is 1. The Bertz CT molecular complexity index is 732. The zero-order valence-corrected chi connectivity index (χ0v) is 9.67. The van der Waals surface area contributed by atoms with Gasteiger partial charge in [0.2, 0.25) is 0 Å². The van der Waals surface area contributed by atoms with E-state index in [4.69, 9.17) is 0 Å². The van der Waals surface area contributed by atoms with Crippen LogP contribution in [0, 0.1) is 18.6 Å². The van der Waals surface area contributed by atoms with Crippen molar-refractivity contribution in [3.05, 3.63) is 53.6 Å². The Morgan fingerprint density at radius 2 is 1.89 bits per heavy atom. The van der Waals surface area contributed by atoms with Crippen LogP contribution >= 0.6 is 0 Å². The first-order valence-electron chi connectivity index (χ1n) is 5.56. The summed E-state index contributed by atoms with van der Waals surface area (Å²) in [6, 6.07) is 9.53. The topological polar surface area (TPSA) is 28.7 Å². The van der Waals surface area contributed by atoms with Gasteiger partial charge in [-0.2, -0.15) is 0 Å². The normalized spacial score (nSPS) is 11.1. The molecule has 3 rings (SSSR count). The molecule has 0 saturated carbocycles.